The van der Waals surface area contributed by atoms with Gasteiger partial charge in [-0.15, -0.1) is 0 Å². The minimum absolute atomic E-state index is 0.0345. The summed E-state index contributed by atoms with van der Waals surface area (Å²) in [5.74, 6) is -3.96. The van der Waals surface area contributed by atoms with Crippen LogP contribution in [0.2, 0.25) is 0 Å². The zero-order chi connectivity index (χ0) is 26.2. The Bertz CT molecular complexity index is 1360. The molecule has 36 heavy (non-hydrogen) atoms. The molecule has 8 heteroatoms. The first kappa shape index (κ1) is 25.0. The van der Waals surface area contributed by atoms with Crippen LogP contribution in [0.3, 0.4) is 0 Å². The molecule has 1 saturated heterocycles. The number of hydrogen-bond donors (Lipinski definition) is 1. The molecule has 1 aromatic heterocycles. The van der Waals surface area contributed by atoms with Gasteiger partial charge >= 0.3 is 0 Å². The predicted molar refractivity (Wildman–Crippen MR) is 132 cm³/mol. The number of nitrogens with zero attached hydrogens (tertiary/aromatic N) is 2. The molecule has 1 atom stereocenters. The van der Waals surface area contributed by atoms with Crippen molar-refractivity contribution in [2.75, 3.05) is 11.5 Å². The smallest absolute Gasteiger partial charge is 0.300 e. The van der Waals surface area contributed by atoms with Gasteiger partial charge in [0.2, 0.25) is 0 Å². The van der Waals surface area contributed by atoms with E-state index in [1.807, 2.05) is 27.7 Å². The highest BCUT2D eigenvalue weighted by Gasteiger charge is 2.47. The van der Waals surface area contributed by atoms with Gasteiger partial charge in [-0.25, -0.2) is 8.78 Å². The lowest BCUT2D eigenvalue weighted by molar-refractivity contribution is -0.132. The number of carbonyl (C=O) groups is 2. The number of Topliss-reactive ketones (excluding diaryl/α,β-unsaturated/α-hetero) is 1. The summed E-state index contributed by atoms with van der Waals surface area (Å²) in [6.07, 6.45) is 1.48. The molecule has 0 radical (unpaired) electrons. The van der Waals surface area contributed by atoms with Gasteiger partial charge in [0.25, 0.3) is 11.7 Å². The SMILES string of the molecule is CCOc1ccc(/C(O)=C2/C(=O)C(=O)N(c3ccc(F)c(F)c3)C2c2ccccn2)cc1C(C)(C)C. The Morgan fingerprint density at radius 3 is 2.42 bits per heavy atom. The van der Waals surface area contributed by atoms with Crippen LogP contribution >= 0.6 is 0 Å². The summed E-state index contributed by atoms with van der Waals surface area (Å²) in [5.41, 5.74) is 0.814. The first-order valence-electron chi connectivity index (χ1n) is 11.5. The van der Waals surface area contributed by atoms with Gasteiger partial charge < -0.3 is 9.84 Å². The summed E-state index contributed by atoms with van der Waals surface area (Å²) in [5, 5.41) is 11.4. The highest BCUT2D eigenvalue weighted by Crippen LogP contribution is 2.42. The van der Waals surface area contributed by atoms with Crippen LogP contribution in [0.5, 0.6) is 5.75 Å². The van der Waals surface area contributed by atoms with Crippen LogP contribution in [-0.2, 0) is 15.0 Å². The fourth-order valence-electron chi connectivity index (χ4n) is 4.25. The molecule has 0 saturated carbocycles. The van der Waals surface area contributed by atoms with Crippen molar-refractivity contribution >= 4 is 23.1 Å². The number of rotatable bonds is 5. The Labute approximate surface area is 207 Å². The molecule has 1 unspecified atom stereocenters. The number of anilines is 1. The molecule has 186 valence electrons. The molecule has 4 rings (SSSR count). The summed E-state index contributed by atoms with van der Waals surface area (Å²) in [7, 11) is 0. The van der Waals surface area contributed by atoms with E-state index < -0.39 is 35.1 Å². The van der Waals surface area contributed by atoms with Gasteiger partial charge in [-0.1, -0.05) is 26.8 Å². The predicted octanol–water partition coefficient (Wildman–Crippen LogP) is 5.68. The summed E-state index contributed by atoms with van der Waals surface area (Å²) < 4.78 is 33.4. The molecule has 1 fully saturated rings. The molecular weight excluding hydrogens is 466 g/mol. The standard InChI is InChI=1S/C28H26F2N2O4/c1-5-36-22-12-9-16(14-18(22)28(2,3)4)25(33)23-24(21-8-6-7-13-31-21)32(27(35)26(23)34)17-10-11-19(29)20(30)15-17/h6-15,24,33H,5H2,1-4H3/b25-23-. The molecule has 6 nitrogen and oxygen atoms in total. The van der Waals surface area contributed by atoms with E-state index in [0.29, 0.717) is 17.9 Å². The Morgan fingerprint density at radius 1 is 1.06 bits per heavy atom. The minimum Gasteiger partial charge on any atom is -0.507 e. The summed E-state index contributed by atoms with van der Waals surface area (Å²) in [6, 6.07) is 11.7. The summed E-state index contributed by atoms with van der Waals surface area (Å²) in [4.78, 5) is 31.7. The number of pyridine rings is 1. The zero-order valence-electron chi connectivity index (χ0n) is 20.4. The lowest BCUT2D eigenvalue weighted by atomic mass is 9.84. The van der Waals surface area contributed by atoms with E-state index in [1.54, 1.807) is 36.4 Å². The average molecular weight is 493 g/mol. The maximum absolute atomic E-state index is 14.1. The maximum atomic E-state index is 14.1. The third kappa shape index (κ3) is 4.46. The third-order valence-electron chi connectivity index (χ3n) is 5.95. The van der Waals surface area contributed by atoms with Gasteiger partial charge in [0, 0.05) is 29.1 Å². The average Bonchev–Trinajstić information content (AvgIpc) is 3.11. The number of hydrogen-bond acceptors (Lipinski definition) is 5. The van der Waals surface area contributed by atoms with Crippen molar-refractivity contribution in [3.8, 4) is 5.75 Å². The van der Waals surface area contributed by atoms with Crippen molar-refractivity contribution in [1.82, 2.24) is 4.98 Å². The second-order valence-corrected chi connectivity index (χ2v) is 9.42. The molecule has 2 heterocycles. The van der Waals surface area contributed by atoms with Crippen LogP contribution in [0.4, 0.5) is 14.5 Å². The Balaban J connectivity index is 1.94. The number of aliphatic hydroxyl groups is 1. The van der Waals surface area contributed by atoms with E-state index in [0.717, 1.165) is 22.6 Å². The maximum Gasteiger partial charge on any atom is 0.300 e. The first-order valence-corrected chi connectivity index (χ1v) is 11.5. The number of benzene rings is 2. The Morgan fingerprint density at radius 2 is 1.81 bits per heavy atom. The molecule has 3 aromatic rings. The van der Waals surface area contributed by atoms with Crippen LogP contribution in [0, 0.1) is 11.6 Å². The van der Waals surface area contributed by atoms with Crippen LogP contribution in [0.15, 0.2) is 66.4 Å². The molecule has 0 aliphatic carbocycles. The van der Waals surface area contributed by atoms with Crippen molar-refractivity contribution in [2.24, 2.45) is 0 Å². The van der Waals surface area contributed by atoms with Crippen molar-refractivity contribution in [2.45, 2.75) is 39.2 Å². The normalized spacial score (nSPS) is 17.5. The second kappa shape index (κ2) is 9.53. The van der Waals surface area contributed by atoms with E-state index >= 15 is 0 Å². The van der Waals surface area contributed by atoms with E-state index in [-0.39, 0.29) is 22.4 Å². The van der Waals surface area contributed by atoms with E-state index in [4.69, 9.17) is 4.74 Å². The lowest BCUT2D eigenvalue weighted by Crippen LogP contribution is -2.30. The van der Waals surface area contributed by atoms with Gasteiger partial charge in [-0.05, 0) is 54.8 Å². The highest BCUT2D eigenvalue weighted by molar-refractivity contribution is 6.51. The van der Waals surface area contributed by atoms with Crippen molar-refractivity contribution in [3.63, 3.8) is 0 Å². The first-order chi connectivity index (χ1) is 17.0. The number of aromatic nitrogens is 1. The van der Waals surface area contributed by atoms with E-state index in [2.05, 4.69) is 4.98 Å². The Hall–Kier alpha value is -4.07. The highest BCUT2D eigenvalue weighted by atomic mass is 19.2. The topological polar surface area (TPSA) is 79.7 Å². The van der Waals surface area contributed by atoms with Gasteiger partial charge in [0.15, 0.2) is 11.6 Å². The van der Waals surface area contributed by atoms with Crippen molar-refractivity contribution < 1.29 is 28.2 Å². The van der Waals surface area contributed by atoms with Gasteiger partial charge in [0.05, 0.1) is 17.9 Å². The van der Waals surface area contributed by atoms with Gasteiger partial charge in [-0.3, -0.25) is 19.5 Å². The summed E-state index contributed by atoms with van der Waals surface area (Å²) in [6.45, 7) is 8.29. The molecule has 1 aliphatic heterocycles. The van der Waals surface area contributed by atoms with Crippen LogP contribution in [0.25, 0.3) is 5.76 Å². The number of carbonyl (C=O) groups excluding carboxylic acids is 2. The van der Waals surface area contributed by atoms with Crippen LogP contribution in [0.1, 0.15) is 50.6 Å². The number of amides is 1. The van der Waals surface area contributed by atoms with E-state index in [1.165, 1.54) is 12.3 Å². The number of halogens is 2. The second-order valence-electron chi connectivity index (χ2n) is 9.42. The van der Waals surface area contributed by atoms with Crippen LogP contribution < -0.4 is 9.64 Å². The molecule has 0 spiro atoms. The fourth-order valence-corrected chi connectivity index (χ4v) is 4.25. The third-order valence-corrected chi connectivity index (χ3v) is 5.95. The van der Waals surface area contributed by atoms with Gasteiger partial charge in [-0.2, -0.15) is 0 Å². The summed E-state index contributed by atoms with van der Waals surface area (Å²) >= 11 is 0. The van der Waals surface area contributed by atoms with Gasteiger partial charge in [0.1, 0.15) is 17.6 Å². The fraction of sp³-hybridized carbons (Fsp3) is 0.250. The molecule has 0 bridgehead atoms. The Kier molecular flexibility index (Phi) is 6.63. The largest absolute Gasteiger partial charge is 0.507 e. The van der Waals surface area contributed by atoms with Crippen LogP contribution in [-0.4, -0.2) is 28.4 Å². The molecule has 1 aliphatic rings. The van der Waals surface area contributed by atoms with Crippen molar-refractivity contribution in [1.29, 1.82) is 0 Å². The minimum atomic E-state index is -1.17. The number of aliphatic hydroxyl groups excluding tert-OH is 1. The molecule has 1 amide bonds. The molecule has 1 N–H and O–H groups in total. The number of ether oxygens (including phenoxy) is 1. The lowest BCUT2D eigenvalue weighted by Gasteiger charge is -2.25. The zero-order valence-corrected chi connectivity index (χ0v) is 20.4. The monoisotopic (exact) mass is 492 g/mol. The molecular formula is C28H26F2N2O4. The quantitative estimate of drug-likeness (QED) is 0.282. The number of ketones is 1. The van der Waals surface area contributed by atoms with E-state index in [9.17, 15) is 23.5 Å². The molecule has 2 aromatic carbocycles. The van der Waals surface area contributed by atoms with Crippen molar-refractivity contribution in [3.05, 3.63) is 94.8 Å².